The Kier molecular flexibility index (Phi) is 6.20. The van der Waals surface area contributed by atoms with E-state index < -0.39 is 0 Å². The van der Waals surface area contributed by atoms with Crippen molar-refractivity contribution in [2.24, 2.45) is 5.73 Å². The average molecular weight is 218 g/mol. The molecule has 0 saturated carbocycles. The first-order valence-electron chi connectivity index (χ1n) is 4.92. The van der Waals surface area contributed by atoms with Crippen molar-refractivity contribution in [2.75, 3.05) is 12.0 Å². The van der Waals surface area contributed by atoms with Crippen LogP contribution >= 0.6 is 11.8 Å². The van der Waals surface area contributed by atoms with E-state index in [4.69, 9.17) is 5.73 Å². The monoisotopic (exact) mass is 218 g/mol. The third kappa shape index (κ3) is 8.38. The molecule has 0 heterocycles. The minimum atomic E-state index is -0.250. The number of carbonyl (C=O) groups excluding carboxylic acids is 1. The zero-order valence-corrected chi connectivity index (χ0v) is 10.4. The molecule has 0 aliphatic heterocycles. The second-order valence-electron chi connectivity index (χ2n) is 4.41. The molecule has 0 aromatic rings. The fraction of sp³-hybridized carbons (Fsp3) is 0.900. The minimum absolute atomic E-state index is 0.102. The van der Waals surface area contributed by atoms with Gasteiger partial charge in [-0.2, -0.15) is 11.8 Å². The third-order valence-electron chi connectivity index (χ3n) is 1.82. The van der Waals surface area contributed by atoms with E-state index >= 15 is 0 Å². The van der Waals surface area contributed by atoms with Crippen LogP contribution in [0, 0.1) is 0 Å². The van der Waals surface area contributed by atoms with E-state index in [9.17, 15) is 4.79 Å². The molecule has 4 heteroatoms. The standard InChI is InChI=1S/C10H22N2OS/c1-8(7-14-4)12-9(13)5-6-10(2,3)11/h8H,5-7,11H2,1-4H3,(H,12,13). The molecule has 0 fully saturated rings. The fourth-order valence-corrected chi connectivity index (χ4v) is 1.66. The van der Waals surface area contributed by atoms with Gasteiger partial charge in [0.15, 0.2) is 0 Å². The number of amides is 1. The van der Waals surface area contributed by atoms with Crippen LogP contribution in [-0.2, 0) is 4.79 Å². The molecule has 0 rings (SSSR count). The number of hydrogen-bond acceptors (Lipinski definition) is 3. The predicted molar refractivity (Wildman–Crippen MR) is 63.5 cm³/mol. The quantitative estimate of drug-likeness (QED) is 0.708. The van der Waals surface area contributed by atoms with Crippen LogP contribution in [-0.4, -0.2) is 29.5 Å². The Labute approximate surface area is 91.2 Å². The van der Waals surface area contributed by atoms with Crippen LogP contribution in [0.5, 0.6) is 0 Å². The molecule has 1 atom stereocenters. The van der Waals surface area contributed by atoms with Gasteiger partial charge in [0.05, 0.1) is 0 Å². The summed E-state index contributed by atoms with van der Waals surface area (Å²) < 4.78 is 0. The van der Waals surface area contributed by atoms with E-state index in [-0.39, 0.29) is 17.5 Å². The predicted octanol–water partition coefficient (Wildman–Crippen LogP) is 1.37. The highest BCUT2D eigenvalue weighted by Crippen LogP contribution is 2.07. The molecule has 0 spiro atoms. The van der Waals surface area contributed by atoms with Crippen molar-refractivity contribution < 1.29 is 4.79 Å². The van der Waals surface area contributed by atoms with Gasteiger partial charge in [-0.15, -0.1) is 0 Å². The van der Waals surface area contributed by atoms with Crippen molar-refractivity contribution in [3.05, 3.63) is 0 Å². The maximum absolute atomic E-state index is 11.4. The summed E-state index contributed by atoms with van der Waals surface area (Å²) >= 11 is 1.74. The average Bonchev–Trinajstić information content (AvgIpc) is 2.00. The maximum Gasteiger partial charge on any atom is 0.220 e. The SMILES string of the molecule is CSCC(C)NC(=O)CCC(C)(C)N. The van der Waals surface area contributed by atoms with Gasteiger partial charge in [0.2, 0.25) is 5.91 Å². The summed E-state index contributed by atoms with van der Waals surface area (Å²) in [6, 6.07) is 0.249. The molecule has 1 amide bonds. The number of nitrogens with one attached hydrogen (secondary N) is 1. The maximum atomic E-state index is 11.4. The van der Waals surface area contributed by atoms with Crippen molar-refractivity contribution in [3.8, 4) is 0 Å². The molecular formula is C10H22N2OS. The Hall–Kier alpha value is -0.220. The molecule has 0 radical (unpaired) electrons. The van der Waals surface area contributed by atoms with Crippen molar-refractivity contribution in [2.45, 2.75) is 45.2 Å². The minimum Gasteiger partial charge on any atom is -0.353 e. The highest BCUT2D eigenvalue weighted by molar-refractivity contribution is 7.98. The van der Waals surface area contributed by atoms with Gasteiger partial charge < -0.3 is 11.1 Å². The summed E-state index contributed by atoms with van der Waals surface area (Å²) in [6.07, 6.45) is 3.28. The normalized spacial score (nSPS) is 13.8. The van der Waals surface area contributed by atoms with E-state index in [1.54, 1.807) is 11.8 Å². The lowest BCUT2D eigenvalue weighted by Crippen LogP contribution is -2.37. The molecule has 0 aromatic heterocycles. The lowest BCUT2D eigenvalue weighted by molar-refractivity contribution is -0.121. The van der Waals surface area contributed by atoms with Gasteiger partial charge in [0.25, 0.3) is 0 Å². The molecule has 0 aliphatic rings. The Balaban J connectivity index is 3.65. The Morgan fingerprint density at radius 2 is 2.14 bits per heavy atom. The molecule has 3 nitrogen and oxygen atoms in total. The number of hydrogen-bond donors (Lipinski definition) is 2. The van der Waals surface area contributed by atoms with E-state index in [1.165, 1.54) is 0 Å². The van der Waals surface area contributed by atoms with Gasteiger partial charge in [-0.05, 0) is 33.4 Å². The Morgan fingerprint density at radius 3 is 2.57 bits per heavy atom. The van der Waals surface area contributed by atoms with Crippen molar-refractivity contribution >= 4 is 17.7 Å². The second-order valence-corrected chi connectivity index (χ2v) is 5.32. The van der Waals surface area contributed by atoms with Gasteiger partial charge in [-0.3, -0.25) is 4.79 Å². The van der Waals surface area contributed by atoms with E-state index in [1.807, 2.05) is 27.0 Å². The van der Waals surface area contributed by atoms with E-state index in [0.717, 1.165) is 12.2 Å². The Bertz CT molecular complexity index is 177. The lowest BCUT2D eigenvalue weighted by atomic mass is 10.00. The van der Waals surface area contributed by atoms with Crippen molar-refractivity contribution in [1.82, 2.24) is 5.32 Å². The van der Waals surface area contributed by atoms with Crippen molar-refractivity contribution in [3.63, 3.8) is 0 Å². The molecule has 3 N–H and O–H groups in total. The van der Waals surface area contributed by atoms with Crippen LogP contribution in [0.25, 0.3) is 0 Å². The van der Waals surface area contributed by atoms with Crippen molar-refractivity contribution in [1.29, 1.82) is 0 Å². The fourth-order valence-electron chi connectivity index (χ4n) is 1.07. The lowest BCUT2D eigenvalue weighted by Gasteiger charge is -2.19. The second kappa shape index (κ2) is 6.30. The summed E-state index contributed by atoms with van der Waals surface area (Å²) in [6.45, 7) is 5.89. The number of nitrogens with two attached hydrogens (primary N) is 1. The van der Waals surface area contributed by atoms with Gasteiger partial charge >= 0.3 is 0 Å². The highest BCUT2D eigenvalue weighted by Gasteiger charge is 2.14. The molecule has 0 saturated heterocycles. The zero-order chi connectivity index (χ0) is 11.2. The topological polar surface area (TPSA) is 55.1 Å². The van der Waals surface area contributed by atoms with Crippen LogP contribution in [0.15, 0.2) is 0 Å². The molecule has 14 heavy (non-hydrogen) atoms. The molecule has 0 aromatic carbocycles. The van der Waals surface area contributed by atoms with Gasteiger partial charge in [0.1, 0.15) is 0 Å². The number of rotatable bonds is 6. The summed E-state index contributed by atoms with van der Waals surface area (Å²) in [5.74, 6) is 1.06. The van der Waals surface area contributed by atoms with Crippen LogP contribution in [0.4, 0.5) is 0 Å². The molecule has 84 valence electrons. The van der Waals surface area contributed by atoms with Crippen LogP contribution in [0.3, 0.4) is 0 Å². The zero-order valence-electron chi connectivity index (χ0n) is 9.59. The van der Waals surface area contributed by atoms with Gasteiger partial charge in [-0.1, -0.05) is 0 Å². The molecular weight excluding hydrogens is 196 g/mol. The summed E-state index contributed by atoms with van der Waals surface area (Å²) in [5, 5.41) is 2.94. The van der Waals surface area contributed by atoms with Crippen LogP contribution in [0.1, 0.15) is 33.6 Å². The van der Waals surface area contributed by atoms with Gasteiger partial charge in [-0.25, -0.2) is 0 Å². The molecule has 0 aliphatic carbocycles. The van der Waals surface area contributed by atoms with Gasteiger partial charge in [0, 0.05) is 23.8 Å². The van der Waals surface area contributed by atoms with E-state index in [0.29, 0.717) is 6.42 Å². The Morgan fingerprint density at radius 1 is 1.57 bits per heavy atom. The summed E-state index contributed by atoms with van der Waals surface area (Å²) in [5.41, 5.74) is 5.54. The third-order valence-corrected chi connectivity index (χ3v) is 2.65. The first-order valence-corrected chi connectivity index (χ1v) is 6.31. The molecule has 1 unspecified atom stereocenters. The smallest absolute Gasteiger partial charge is 0.220 e. The first-order chi connectivity index (χ1) is 6.35. The summed E-state index contributed by atoms with van der Waals surface area (Å²) in [7, 11) is 0. The largest absolute Gasteiger partial charge is 0.353 e. The van der Waals surface area contributed by atoms with Crippen LogP contribution < -0.4 is 11.1 Å². The van der Waals surface area contributed by atoms with E-state index in [2.05, 4.69) is 5.32 Å². The number of thioether (sulfide) groups is 1. The molecule has 0 bridgehead atoms. The highest BCUT2D eigenvalue weighted by atomic mass is 32.2. The first kappa shape index (κ1) is 13.8. The number of carbonyl (C=O) groups is 1. The van der Waals surface area contributed by atoms with Crippen LogP contribution in [0.2, 0.25) is 0 Å². The summed E-state index contributed by atoms with van der Waals surface area (Å²) in [4.78, 5) is 11.4.